The van der Waals surface area contributed by atoms with E-state index in [0.29, 0.717) is 11.3 Å². The maximum Gasteiger partial charge on any atom is 0.257 e. The van der Waals surface area contributed by atoms with Crippen LogP contribution >= 0.6 is 0 Å². The third-order valence-electron chi connectivity index (χ3n) is 7.10. The number of hydrogen-bond donors (Lipinski definition) is 1. The van der Waals surface area contributed by atoms with Crippen LogP contribution in [0.3, 0.4) is 0 Å². The van der Waals surface area contributed by atoms with Crippen LogP contribution in [0.2, 0.25) is 0 Å². The lowest BCUT2D eigenvalue weighted by molar-refractivity contribution is -0.123. The third-order valence-corrected chi connectivity index (χ3v) is 7.10. The smallest absolute Gasteiger partial charge is 0.257 e. The Hall–Kier alpha value is -3.21. The van der Waals surface area contributed by atoms with Gasteiger partial charge in [0.15, 0.2) is 0 Å². The molecule has 3 aliphatic rings. The number of carbonyl (C=O) groups is 3. The van der Waals surface area contributed by atoms with Gasteiger partial charge in [0.05, 0.1) is 23.1 Å². The molecule has 0 radical (unpaired) electrons. The molecule has 1 saturated carbocycles. The van der Waals surface area contributed by atoms with Crippen molar-refractivity contribution in [3.63, 3.8) is 0 Å². The highest BCUT2D eigenvalue weighted by Gasteiger charge is 2.59. The van der Waals surface area contributed by atoms with Gasteiger partial charge >= 0.3 is 0 Å². The van der Waals surface area contributed by atoms with Crippen LogP contribution in [-0.4, -0.2) is 17.7 Å². The maximum atomic E-state index is 13.4. The van der Waals surface area contributed by atoms with Crippen LogP contribution in [-0.2, 0) is 22.4 Å². The zero-order chi connectivity index (χ0) is 21.7. The number of allylic oxidation sites excluding steroid dienone is 2. The van der Waals surface area contributed by atoms with Crippen LogP contribution in [0.1, 0.15) is 41.8 Å². The fourth-order valence-corrected chi connectivity index (χ4v) is 5.58. The molecule has 3 amide bonds. The molecule has 158 valence electrons. The number of aryl methyl sites for hydroxylation is 2. The predicted octanol–water partition coefficient (Wildman–Crippen LogP) is 4.38. The lowest BCUT2D eigenvalue weighted by atomic mass is 9.85. The van der Waals surface area contributed by atoms with Crippen LogP contribution in [0.5, 0.6) is 0 Å². The summed E-state index contributed by atoms with van der Waals surface area (Å²) in [6, 6.07) is 13.0. The second kappa shape index (κ2) is 7.49. The molecule has 2 aromatic carbocycles. The number of carbonyl (C=O) groups excluding carboxylic acids is 3. The van der Waals surface area contributed by atoms with Gasteiger partial charge in [-0.25, -0.2) is 4.90 Å². The molecule has 5 rings (SSSR count). The summed E-state index contributed by atoms with van der Waals surface area (Å²) >= 11 is 0. The minimum Gasteiger partial charge on any atom is -0.321 e. The minimum atomic E-state index is -0.301. The molecule has 0 spiro atoms. The Labute approximate surface area is 182 Å². The van der Waals surface area contributed by atoms with Gasteiger partial charge in [-0.2, -0.15) is 0 Å². The number of benzene rings is 2. The molecule has 1 aliphatic heterocycles. The van der Waals surface area contributed by atoms with Crippen LogP contribution in [0, 0.1) is 23.7 Å². The van der Waals surface area contributed by atoms with Crippen molar-refractivity contribution in [1.29, 1.82) is 0 Å². The van der Waals surface area contributed by atoms with Gasteiger partial charge in [-0.3, -0.25) is 14.4 Å². The van der Waals surface area contributed by atoms with Crippen LogP contribution in [0.4, 0.5) is 11.4 Å². The highest BCUT2D eigenvalue weighted by Crippen LogP contribution is 2.53. The van der Waals surface area contributed by atoms with Gasteiger partial charge in [-0.05, 0) is 54.4 Å². The van der Waals surface area contributed by atoms with Crippen molar-refractivity contribution in [2.24, 2.45) is 23.7 Å². The minimum absolute atomic E-state index is 0.140. The van der Waals surface area contributed by atoms with Crippen molar-refractivity contribution in [3.8, 4) is 0 Å². The summed E-state index contributed by atoms with van der Waals surface area (Å²) in [6.07, 6.45) is 6.64. The van der Waals surface area contributed by atoms with Crippen LogP contribution in [0.25, 0.3) is 0 Å². The molecular formula is C26H26N2O3. The lowest BCUT2D eigenvalue weighted by Gasteiger charge is -2.21. The van der Waals surface area contributed by atoms with Crippen molar-refractivity contribution < 1.29 is 14.4 Å². The topological polar surface area (TPSA) is 66.5 Å². The lowest BCUT2D eigenvalue weighted by Crippen LogP contribution is -2.34. The van der Waals surface area contributed by atoms with Crippen molar-refractivity contribution in [3.05, 3.63) is 71.3 Å². The monoisotopic (exact) mass is 414 g/mol. The number of imide groups is 1. The van der Waals surface area contributed by atoms with Crippen molar-refractivity contribution in [1.82, 2.24) is 0 Å². The first-order chi connectivity index (χ1) is 15.0. The van der Waals surface area contributed by atoms with Crippen LogP contribution < -0.4 is 10.2 Å². The van der Waals surface area contributed by atoms with E-state index in [1.807, 2.05) is 18.2 Å². The number of nitrogens with one attached hydrogen (secondary N) is 1. The van der Waals surface area contributed by atoms with E-state index in [9.17, 15) is 14.4 Å². The molecule has 1 saturated heterocycles. The highest BCUT2D eigenvalue weighted by atomic mass is 16.2. The van der Waals surface area contributed by atoms with Crippen molar-refractivity contribution in [2.75, 3.05) is 10.2 Å². The predicted molar refractivity (Wildman–Crippen MR) is 120 cm³/mol. The van der Waals surface area contributed by atoms with E-state index in [0.717, 1.165) is 36.1 Å². The summed E-state index contributed by atoms with van der Waals surface area (Å²) in [6.45, 7) is 4.11. The third kappa shape index (κ3) is 2.94. The first-order valence-electron chi connectivity index (χ1n) is 11.1. The highest BCUT2D eigenvalue weighted by molar-refractivity contribution is 6.25. The van der Waals surface area contributed by atoms with E-state index in [2.05, 4.69) is 31.3 Å². The molecule has 2 bridgehead atoms. The Morgan fingerprint density at radius 1 is 0.903 bits per heavy atom. The quantitative estimate of drug-likeness (QED) is 0.583. The van der Waals surface area contributed by atoms with E-state index in [1.165, 1.54) is 4.90 Å². The summed E-state index contributed by atoms with van der Waals surface area (Å²) in [5.41, 5.74) is 3.69. The molecule has 2 aliphatic carbocycles. The van der Waals surface area contributed by atoms with E-state index < -0.39 is 0 Å². The maximum absolute atomic E-state index is 13.4. The fourth-order valence-electron chi connectivity index (χ4n) is 5.58. The van der Waals surface area contributed by atoms with Gasteiger partial charge in [0.1, 0.15) is 0 Å². The molecule has 5 nitrogen and oxygen atoms in total. The Bertz CT molecular complexity index is 1070. The zero-order valence-electron chi connectivity index (χ0n) is 17.8. The summed E-state index contributed by atoms with van der Waals surface area (Å²) < 4.78 is 0. The number of nitrogens with zero attached hydrogens (tertiary/aromatic N) is 1. The second-order valence-electron chi connectivity index (χ2n) is 8.64. The molecule has 4 atom stereocenters. The summed E-state index contributed by atoms with van der Waals surface area (Å²) in [5.74, 6) is -0.935. The Morgan fingerprint density at radius 3 is 2.06 bits per heavy atom. The first-order valence-corrected chi connectivity index (χ1v) is 11.1. The molecular weight excluding hydrogens is 388 g/mol. The van der Waals surface area contributed by atoms with Gasteiger partial charge in [0.25, 0.3) is 5.91 Å². The van der Waals surface area contributed by atoms with Gasteiger partial charge in [0.2, 0.25) is 11.8 Å². The largest absolute Gasteiger partial charge is 0.321 e. The number of fused-ring (bicyclic) bond motifs is 5. The van der Waals surface area contributed by atoms with E-state index in [1.54, 1.807) is 24.3 Å². The Kier molecular flexibility index (Phi) is 4.77. The van der Waals surface area contributed by atoms with E-state index >= 15 is 0 Å². The molecule has 31 heavy (non-hydrogen) atoms. The average molecular weight is 415 g/mol. The fraction of sp³-hybridized carbons (Fsp3) is 0.346. The summed E-state index contributed by atoms with van der Waals surface area (Å²) in [7, 11) is 0. The number of rotatable bonds is 5. The Morgan fingerprint density at radius 2 is 1.48 bits per heavy atom. The molecule has 0 unspecified atom stereocenters. The van der Waals surface area contributed by atoms with E-state index in [4.69, 9.17) is 0 Å². The molecule has 1 N–H and O–H groups in total. The molecule has 2 aromatic rings. The number of hydrogen-bond acceptors (Lipinski definition) is 3. The summed E-state index contributed by atoms with van der Waals surface area (Å²) in [4.78, 5) is 41.1. The number of amides is 3. The van der Waals surface area contributed by atoms with Crippen molar-refractivity contribution >= 4 is 29.1 Å². The van der Waals surface area contributed by atoms with Gasteiger partial charge in [0, 0.05) is 5.69 Å². The Balaban J connectivity index is 1.49. The molecule has 1 heterocycles. The first kappa shape index (κ1) is 19.7. The average Bonchev–Trinajstić information content (AvgIpc) is 3.47. The van der Waals surface area contributed by atoms with E-state index in [-0.39, 0.29) is 41.4 Å². The van der Waals surface area contributed by atoms with Gasteiger partial charge in [-0.1, -0.05) is 56.3 Å². The van der Waals surface area contributed by atoms with Crippen molar-refractivity contribution in [2.45, 2.75) is 33.1 Å². The summed E-state index contributed by atoms with van der Waals surface area (Å²) in [5, 5.41) is 3.07. The van der Waals surface area contributed by atoms with Gasteiger partial charge < -0.3 is 5.32 Å². The number of anilines is 2. The number of para-hydroxylation sites is 2. The molecule has 2 fully saturated rings. The van der Waals surface area contributed by atoms with Gasteiger partial charge in [-0.15, -0.1) is 0 Å². The molecule has 5 heteroatoms. The second-order valence-corrected chi connectivity index (χ2v) is 8.64. The zero-order valence-corrected chi connectivity index (χ0v) is 17.8. The normalized spacial score (nSPS) is 25.9. The standard InChI is InChI=1S/C26H26N2O3/c1-3-15-8-7-9-16(4-2)23(15)27-24(29)19-10-5-6-11-20(19)28-25(30)21-17-12-13-18(14-17)22(21)26(28)31/h5-13,17-18,21-22H,3-4,14H2,1-2H3,(H,27,29)/t17-,18+,21-,22+. The SMILES string of the molecule is CCc1cccc(CC)c1NC(=O)c1ccccc1N1C(=O)[C@@H]2[C@H](C1=O)[C@@H]1C=C[C@H]2C1. The molecule has 0 aromatic heterocycles. The van der Waals surface area contributed by atoms with Crippen LogP contribution in [0.15, 0.2) is 54.6 Å².